The molecule has 0 saturated carbocycles. The predicted octanol–water partition coefficient (Wildman–Crippen LogP) is 0.217. The molecule has 0 aromatic heterocycles. The van der Waals surface area contributed by atoms with Crippen LogP contribution in [0.4, 0.5) is 0 Å². The Labute approximate surface area is 94.4 Å². The van der Waals surface area contributed by atoms with Crippen LogP contribution in [0.25, 0.3) is 0 Å². The largest absolute Gasteiger partial charge is 0.395 e. The van der Waals surface area contributed by atoms with Crippen molar-refractivity contribution in [1.29, 1.82) is 5.26 Å². The van der Waals surface area contributed by atoms with Crippen LogP contribution < -0.4 is 4.72 Å². The zero-order valence-electron chi connectivity index (χ0n) is 8.71. The molecular formula is C10H12N2O3S. The predicted molar refractivity (Wildman–Crippen MR) is 58.0 cm³/mol. The molecule has 5 nitrogen and oxygen atoms in total. The third-order valence-corrected chi connectivity index (χ3v) is 3.49. The summed E-state index contributed by atoms with van der Waals surface area (Å²) in [6, 6.07) is 7.00. The molecule has 1 aromatic rings. The van der Waals surface area contributed by atoms with E-state index in [1.54, 1.807) is 6.92 Å². The number of nitrogens with zero attached hydrogens (tertiary/aromatic N) is 1. The summed E-state index contributed by atoms with van der Waals surface area (Å²) in [5, 5.41) is 17.4. The zero-order chi connectivity index (χ0) is 12.2. The van der Waals surface area contributed by atoms with E-state index in [0.29, 0.717) is 0 Å². The molecule has 1 aromatic carbocycles. The summed E-state index contributed by atoms with van der Waals surface area (Å²) in [6.07, 6.45) is 0. The van der Waals surface area contributed by atoms with Crippen molar-refractivity contribution in [3.63, 3.8) is 0 Å². The SMILES string of the molecule is C[C@@H](CO)NS(=O)(=O)c1cccc(C#N)c1. The molecule has 0 aliphatic heterocycles. The molecule has 0 radical (unpaired) electrons. The van der Waals surface area contributed by atoms with E-state index in [0.717, 1.165) is 0 Å². The van der Waals surface area contributed by atoms with Crippen LogP contribution in [-0.4, -0.2) is 26.2 Å². The monoisotopic (exact) mass is 240 g/mol. The third-order valence-electron chi connectivity index (χ3n) is 1.90. The minimum absolute atomic E-state index is 0.0202. The summed E-state index contributed by atoms with van der Waals surface area (Å²) in [5.41, 5.74) is 0.277. The molecule has 0 spiro atoms. The van der Waals surface area contributed by atoms with Gasteiger partial charge in [0.05, 0.1) is 23.1 Å². The van der Waals surface area contributed by atoms with Gasteiger partial charge in [-0.05, 0) is 25.1 Å². The highest BCUT2D eigenvalue weighted by molar-refractivity contribution is 7.89. The highest BCUT2D eigenvalue weighted by Crippen LogP contribution is 2.11. The second-order valence-corrected chi connectivity index (χ2v) is 5.06. The van der Waals surface area contributed by atoms with Crippen molar-refractivity contribution in [2.45, 2.75) is 17.9 Å². The van der Waals surface area contributed by atoms with E-state index in [-0.39, 0.29) is 17.1 Å². The van der Waals surface area contributed by atoms with E-state index in [2.05, 4.69) is 4.72 Å². The van der Waals surface area contributed by atoms with Gasteiger partial charge in [0.15, 0.2) is 0 Å². The van der Waals surface area contributed by atoms with Crippen molar-refractivity contribution in [3.05, 3.63) is 29.8 Å². The molecule has 0 amide bonds. The molecule has 0 heterocycles. The van der Waals surface area contributed by atoms with Gasteiger partial charge >= 0.3 is 0 Å². The van der Waals surface area contributed by atoms with E-state index >= 15 is 0 Å². The Morgan fingerprint density at radius 1 is 1.56 bits per heavy atom. The molecule has 0 fully saturated rings. The van der Waals surface area contributed by atoms with Crippen LogP contribution in [0.5, 0.6) is 0 Å². The Morgan fingerprint density at radius 3 is 2.81 bits per heavy atom. The first kappa shape index (κ1) is 12.6. The number of sulfonamides is 1. The highest BCUT2D eigenvalue weighted by Gasteiger charge is 2.16. The van der Waals surface area contributed by atoms with Gasteiger partial charge in [0.2, 0.25) is 10.0 Å². The minimum atomic E-state index is -3.67. The molecule has 86 valence electrons. The molecule has 0 saturated heterocycles. The Bertz CT molecular complexity index is 505. The number of aliphatic hydroxyl groups is 1. The minimum Gasteiger partial charge on any atom is -0.395 e. The Hall–Kier alpha value is -1.42. The molecule has 1 rings (SSSR count). The van der Waals surface area contributed by atoms with Gasteiger partial charge in [-0.3, -0.25) is 0 Å². The third kappa shape index (κ3) is 3.03. The normalized spacial score (nSPS) is 13.1. The fraction of sp³-hybridized carbons (Fsp3) is 0.300. The molecule has 0 aliphatic carbocycles. The van der Waals surface area contributed by atoms with E-state index in [1.165, 1.54) is 24.3 Å². The maximum Gasteiger partial charge on any atom is 0.240 e. The first-order chi connectivity index (χ1) is 7.49. The average Bonchev–Trinajstić information content (AvgIpc) is 2.28. The fourth-order valence-corrected chi connectivity index (χ4v) is 2.38. The lowest BCUT2D eigenvalue weighted by Gasteiger charge is -2.11. The second kappa shape index (κ2) is 5.07. The first-order valence-electron chi connectivity index (χ1n) is 4.63. The van der Waals surface area contributed by atoms with Gasteiger partial charge in [-0.2, -0.15) is 5.26 Å². The topological polar surface area (TPSA) is 90.2 Å². The number of hydrogen-bond acceptors (Lipinski definition) is 4. The van der Waals surface area contributed by atoms with Crippen LogP contribution in [0.2, 0.25) is 0 Å². The maximum atomic E-state index is 11.7. The van der Waals surface area contributed by atoms with Crippen LogP contribution >= 0.6 is 0 Å². The number of benzene rings is 1. The van der Waals surface area contributed by atoms with Gasteiger partial charge in [0, 0.05) is 6.04 Å². The van der Waals surface area contributed by atoms with Crippen LogP contribution in [0.3, 0.4) is 0 Å². The van der Waals surface area contributed by atoms with Crippen LogP contribution in [0, 0.1) is 11.3 Å². The van der Waals surface area contributed by atoms with Gasteiger partial charge in [0.25, 0.3) is 0 Å². The molecule has 0 aliphatic rings. The zero-order valence-corrected chi connectivity index (χ0v) is 9.53. The Balaban J connectivity index is 3.04. The van der Waals surface area contributed by atoms with Crippen molar-refractivity contribution < 1.29 is 13.5 Å². The van der Waals surface area contributed by atoms with Crippen LogP contribution in [0.15, 0.2) is 29.2 Å². The molecule has 16 heavy (non-hydrogen) atoms. The summed E-state index contributed by atoms with van der Waals surface area (Å²) in [4.78, 5) is 0.0202. The Kier molecular flexibility index (Phi) is 4.01. The summed E-state index contributed by atoms with van der Waals surface area (Å²) in [5.74, 6) is 0. The lowest BCUT2D eigenvalue weighted by Crippen LogP contribution is -2.35. The standard InChI is InChI=1S/C10H12N2O3S/c1-8(7-13)12-16(14,15)10-4-2-3-9(5-10)6-11/h2-5,8,12-13H,7H2,1H3/t8-/m0/s1. The number of aliphatic hydroxyl groups excluding tert-OH is 1. The van der Waals surface area contributed by atoms with Gasteiger partial charge in [-0.1, -0.05) is 6.07 Å². The summed E-state index contributed by atoms with van der Waals surface area (Å²) in [7, 11) is -3.67. The smallest absolute Gasteiger partial charge is 0.240 e. The number of rotatable bonds is 4. The number of hydrogen-bond donors (Lipinski definition) is 2. The lowest BCUT2D eigenvalue weighted by molar-refractivity contribution is 0.265. The fourth-order valence-electron chi connectivity index (χ4n) is 1.10. The van der Waals surface area contributed by atoms with Crippen LogP contribution in [-0.2, 0) is 10.0 Å². The number of nitrogens with one attached hydrogen (secondary N) is 1. The van der Waals surface area contributed by atoms with Crippen molar-refractivity contribution in [3.8, 4) is 6.07 Å². The first-order valence-corrected chi connectivity index (χ1v) is 6.11. The molecule has 6 heteroatoms. The Morgan fingerprint density at radius 2 is 2.25 bits per heavy atom. The van der Waals surface area contributed by atoms with Crippen molar-refractivity contribution in [2.75, 3.05) is 6.61 Å². The second-order valence-electron chi connectivity index (χ2n) is 3.34. The summed E-state index contributed by atoms with van der Waals surface area (Å²) >= 11 is 0. The van der Waals surface area contributed by atoms with Gasteiger partial charge < -0.3 is 5.11 Å². The van der Waals surface area contributed by atoms with E-state index in [1.807, 2.05) is 6.07 Å². The number of nitriles is 1. The van der Waals surface area contributed by atoms with Crippen molar-refractivity contribution in [2.24, 2.45) is 0 Å². The van der Waals surface area contributed by atoms with E-state index < -0.39 is 16.1 Å². The highest BCUT2D eigenvalue weighted by atomic mass is 32.2. The lowest BCUT2D eigenvalue weighted by atomic mass is 10.2. The van der Waals surface area contributed by atoms with Crippen molar-refractivity contribution >= 4 is 10.0 Å². The van der Waals surface area contributed by atoms with Gasteiger partial charge in [-0.15, -0.1) is 0 Å². The van der Waals surface area contributed by atoms with Gasteiger partial charge in [-0.25, -0.2) is 13.1 Å². The van der Waals surface area contributed by atoms with Gasteiger partial charge in [0.1, 0.15) is 0 Å². The molecule has 1 atom stereocenters. The quantitative estimate of drug-likeness (QED) is 0.787. The summed E-state index contributed by atoms with van der Waals surface area (Å²) in [6.45, 7) is 1.27. The summed E-state index contributed by atoms with van der Waals surface area (Å²) < 4.78 is 25.8. The average molecular weight is 240 g/mol. The van der Waals surface area contributed by atoms with E-state index in [9.17, 15) is 8.42 Å². The molecule has 2 N–H and O–H groups in total. The maximum absolute atomic E-state index is 11.7. The van der Waals surface area contributed by atoms with Crippen molar-refractivity contribution in [1.82, 2.24) is 4.72 Å². The van der Waals surface area contributed by atoms with E-state index in [4.69, 9.17) is 10.4 Å². The molecular weight excluding hydrogens is 228 g/mol. The molecule has 0 unspecified atom stereocenters. The van der Waals surface area contributed by atoms with Crippen LogP contribution in [0.1, 0.15) is 12.5 Å². The molecule has 0 bridgehead atoms.